The summed E-state index contributed by atoms with van der Waals surface area (Å²) in [7, 11) is 2.33. The van der Waals surface area contributed by atoms with Crippen molar-refractivity contribution in [3.8, 4) is 0 Å². The molecule has 0 aromatic carbocycles. The van der Waals surface area contributed by atoms with Gasteiger partial charge in [-0.15, -0.1) is 0 Å². The topological polar surface area (TPSA) is 0 Å². The zero-order chi connectivity index (χ0) is 8.58. The van der Waals surface area contributed by atoms with E-state index >= 15 is 0 Å². The fourth-order valence-electron chi connectivity index (χ4n) is 1.30. The quantitative estimate of drug-likeness (QED) is 0.453. The molecule has 1 heteroatoms. The fraction of sp³-hybridized carbons (Fsp3) is 1.00. The highest BCUT2D eigenvalue weighted by Gasteiger charge is 2.30. The first-order chi connectivity index (χ1) is 4.15. The standard InChI is InChI=1S/C9H21B/c1-8(2,3)7(10)9(4,5)6/h7H,10H2,1-6H3. The lowest BCUT2D eigenvalue weighted by molar-refractivity contribution is 0.235. The summed E-state index contributed by atoms with van der Waals surface area (Å²) in [4.78, 5) is 0. The second-order valence-corrected chi connectivity index (χ2v) is 5.45. The summed E-state index contributed by atoms with van der Waals surface area (Å²) in [5, 5.41) is 0. The summed E-state index contributed by atoms with van der Waals surface area (Å²) in [5.41, 5.74) is 0.885. The lowest BCUT2D eigenvalue weighted by Gasteiger charge is -2.38. The number of hydrogen-bond donors (Lipinski definition) is 0. The van der Waals surface area contributed by atoms with Crippen molar-refractivity contribution < 1.29 is 0 Å². The maximum Gasteiger partial charge on any atom is 0.106 e. The molecule has 0 bridgehead atoms. The largest absolute Gasteiger partial charge is 0.106 e. The molecule has 0 heterocycles. The van der Waals surface area contributed by atoms with Crippen LogP contribution < -0.4 is 0 Å². The molecule has 0 aromatic rings. The molecule has 0 nitrogen and oxygen atoms in total. The second-order valence-electron chi connectivity index (χ2n) is 5.45. The molecule has 0 saturated carbocycles. The maximum atomic E-state index is 2.33. The SMILES string of the molecule is BC(C(C)(C)C)C(C)(C)C. The molecule has 0 unspecified atom stereocenters. The van der Waals surface area contributed by atoms with E-state index < -0.39 is 0 Å². The molecule has 0 N–H and O–H groups in total. The predicted octanol–water partition coefficient (Wildman–Crippen LogP) is 2.50. The molecule has 0 rings (SSSR count). The molecule has 0 aromatic heterocycles. The smallest absolute Gasteiger partial charge is 0.0606 e. The summed E-state index contributed by atoms with van der Waals surface area (Å²) < 4.78 is 0. The van der Waals surface area contributed by atoms with Gasteiger partial charge < -0.3 is 0 Å². The van der Waals surface area contributed by atoms with Crippen LogP contribution in [0.4, 0.5) is 0 Å². The van der Waals surface area contributed by atoms with Crippen LogP contribution in [0, 0.1) is 10.8 Å². The molecular weight excluding hydrogens is 119 g/mol. The van der Waals surface area contributed by atoms with Gasteiger partial charge in [-0.25, -0.2) is 0 Å². The van der Waals surface area contributed by atoms with Crippen molar-refractivity contribution in [1.29, 1.82) is 0 Å². The van der Waals surface area contributed by atoms with Gasteiger partial charge in [0.1, 0.15) is 7.85 Å². The fourth-order valence-corrected chi connectivity index (χ4v) is 1.30. The molecule has 0 saturated heterocycles. The third-order valence-electron chi connectivity index (χ3n) is 2.60. The van der Waals surface area contributed by atoms with Crippen LogP contribution in [0.15, 0.2) is 0 Å². The molecule has 0 amide bonds. The van der Waals surface area contributed by atoms with Crippen LogP contribution in [0.25, 0.3) is 0 Å². The highest BCUT2D eigenvalue weighted by atomic mass is 14.3. The Kier molecular flexibility index (Phi) is 2.61. The molecule has 0 aliphatic rings. The molecule has 0 atom stereocenters. The molecule has 0 aliphatic heterocycles. The van der Waals surface area contributed by atoms with Crippen LogP contribution in [-0.4, -0.2) is 7.85 Å². The average molecular weight is 140 g/mol. The van der Waals surface area contributed by atoms with Crippen molar-refractivity contribution in [3.05, 3.63) is 0 Å². The molecular formula is C9H21B. The highest BCUT2D eigenvalue weighted by Crippen LogP contribution is 2.42. The van der Waals surface area contributed by atoms with Gasteiger partial charge in [0, 0.05) is 0 Å². The highest BCUT2D eigenvalue weighted by molar-refractivity contribution is 6.12. The third kappa shape index (κ3) is 2.77. The normalized spacial score (nSPS) is 14.3. The maximum absolute atomic E-state index is 2.33. The molecule has 60 valence electrons. The van der Waals surface area contributed by atoms with Gasteiger partial charge in [0.2, 0.25) is 0 Å². The Bertz CT molecular complexity index is 88.9. The summed E-state index contributed by atoms with van der Waals surface area (Å²) in [6, 6.07) is 0. The Hall–Kier alpha value is 0.0649. The van der Waals surface area contributed by atoms with E-state index in [2.05, 4.69) is 49.4 Å². The minimum absolute atomic E-state index is 0.443. The molecule has 0 radical (unpaired) electrons. The minimum Gasteiger partial charge on any atom is -0.0606 e. The average Bonchev–Trinajstić information content (AvgIpc) is 1.59. The van der Waals surface area contributed by atoms with E-state index in [1.54, 1.807) is 0 Å². The Morgan fingerprint density at radius 3 is 1.00 bits per heavy atom. The Balaban J connectivity index is 4.23. The minimum atomic E-state index is 0.443. The predicted molar refractivity (Wildman–Crippen MR) is 51.2 cm³/mol. The van der Waals surface area contributed by atoms with Crippen LogP contribution in [-0.2, 0) is 0 Å². The van der Waals surface area contributed by atoms with E-state index in [0.29, 0.717) is 10.8 Å². The Morgan fingerprint density at radius 1 is 0.800 bits per heavy atom. The summed E-state index contributed by atoms with van der Waals surface area (Å²) >= 11 is 0. The monoisotopic (exact) mass is 140 g/mol. The van der Waals surface area contributed by atoms with Gasteiger partial charge in [0.05, 0.1) is 0 Å². The van der Waals surface area contributed by atoms with E-state index in [9.17, 15) is 0 Å². The molecule has 0 spiro atoms. The van der Waals surface area contributed by atoms with Crippen molar-refractivity contribution in [2.24, 2.45) is 10.8 Å². The van der Waals surface area contributed by atoms with Crippen LogP contribution in [0.2, 0.25) is 5.82 Å². The second kappa shape index (κ2) is 2.60. The molecule has 10 heavy (non-hydrogen) atoms. The van der Waals surface area contributed by atoms with Gasteiger partial charge in [-0.2, -0.15) is 0 Å². The molecule has 0 fully saturated rings. The van der Waals surface area contributed by atoms with Crippen molar-refractivity contribution in [3.63, 3.8) is 0 Å². The van der Waals surface area contributed by atoms with Gasteiger partial charge in [-0.05, 0) is 10.8 Å². The van der Waals surface area contributed by atoms with Gasteiger partial charge in [0.15, 0.2) is 0 Å². The first kappa shape index (κ1) is 10.1. The number of hydrogen-bond acceptors (Lipinski definition) is 0. The summed E-state index contributed by atoms with van der Waals surface area (Å²) in [6.45, 7) is 13.9. The number of rotatable bonds is 0. The van der Waals surface area contributed by atoms with E-state index in [0.717, 1.165) is 5.82 Å². The zero-order valence-corrected chi connectivity index (χ0v) is 8.58. The first-order valence-electron chi connectivity index (χ1n) is 4.15. The Labute approximate surface area is 66.8 Å². The van der Waals surface area contributed by atoms with Crippen LogP contribution in [0.5, 0.6) is 0 Å². The van der Waals surface area contributed by atoms with E-state index in [4.69, 9.17) is 0 Å². The lowest BCUT2D eigenvalue weighted by Crippen LogP contribution is -2.27. The van der Waals surface area contributed by atoms with Gasteiger partial charge in [-0.3, -0.25) is 0 Å². The Morgan fingerprint density at radius 2 is 1.00 bits per heavy atom. The van der Waals surface area contributed by atoms with Gasteiger partial charge >= 0.3 is 0 Å². The molecule has 0 aliphatic carbocycles. The first-order valence-corrected chi connectivity index (χ1v) is 4.15. The van der Waals surface area contributed by atoms with Crippen LogP contribution in [0.1, 0.15) is 41.5 Å². The van der Waals surface area contributed by atoms with Crippen molar-refractivity contribution in [2.75, 3.05) is 0 Å². The van der Waals surface area contributed by atoms with Crippen molar-refractivity contribution >= 4 is 7.85 Å². The lowest BCUT2D eigenvalue weighted by atomic mass is 9.57. The zero-order valence-electron chi connectivity index (χ0n) is 8.58. The van der Waals surface area contributed by atoms with Gasteiger partial charge in [-0.1, -0.05) is 47.4 Å². The van der Waals surface area contributed by atoms with E-state index in [-0.39, 0.29) is 0 Å². The summed E-state index contributed by atoms with van der Waals surface area (Å²) in [6.07, 6.45) is 0. The van der Waals surface area contributed by atoms with Crippen molar-refractivity contribution in [1.82, 2.24) is 0 Å². The van der Waals surface area contributed by atoms with Crippen LogP contribution in [0.3, 0.4) is 0 Å². The van der Waals surface area contributed by atoms with Gasteiger partial charge in [0.25, 0.3) is 0 Å². The summed E-state index contributed by atoms with van der Waals surface area (Å²) in [5.74, 6) is 0.764. The van der Waals surface area contributed by atoms with Crippen LogP contribution >= 0.6 is 0 Å². The third-order valence-corrected chi connectivity index (χ3v) is 2.60. The van der Waals surface area contributed by atoms with E-state index in [1.165, 1.54) is 0 Å². The van der Waals surface area contributed by atoms with Crippen molar-refractivity contribution in [2.45, 2.75) is 47.4 Å². The van der Waals surface area contributed by atoms with E-state index in [1.807, 2.05) is 0 Å².